The first-order valence-electron chi connectivity index (χ1n) is 18.4. The van der Waals surface area contributed by atoms with E-state index in [4.69, 9.17) is 32.9 Å². The number of ether oxygens (including phenoxy) is 1. The third-order valence-corrected chi connectivity index (χ3v) is 13.0. The van der Waals surface area contributed by atoms with Crippen molar-refractivity contribution in [2.75, 3.05) is 19.7 Å². The second-order valence-corrected chi connectivity index (χ2v) is 16.4. The van der Waals surface area contributed by atoms with Crippen molar-refractivity contribution in [2.45, 2.75) is 88.6 Å². The van der Waals surface area contributed by atoms with Crippen molar-refractivity contribution in [3.05, 3.63) is 63.1 Å². The lowest BCUT2D eigenvalue weighted by atomic mass is 9.79. The minimum Gasteiger partial charge on any atom is -0.387 e. The van der Waals surface area contributed by atoms with E-state index < -0.39 is 17.3 Å². The monoisotopic (exact) mass is 740 g/mol. The van der Waals surface area contributed by atoms with E-state index in [-0.39, 0.29) is 70.0 Å². The van der Waals surface area contributed by atoms with Gasteiger partial charge >= 0.3 is 0 Å². The maximum absolute atomic E-state index is 17.3. The van der Waals surface area contributed by atoms with E-state index in [1.807, 2.05) is 11.0 Å². The third kappa shape index (κ3) is 5.41. The van der Waals surface area contributed by atoms with Gasteiger partial charge in [-0.05, 0) is 75.1 Å². The lowest BCUT2D eigenvalue weighted by molar-refractivity contribution is -0.134. The zero-order chi connectivity index (χ0) is 36.1. The number of nitrogens with zero attached hydrogens (tertiary/aromatic N) is 5. The van der Waals surface area contributed by atoms with E-state index in [2.05, 4.69) is 28.1 Å². The molecule has 1 amide bonds. The van der Waals surface area contributed by atoms with Gasteiger partial charge < -0.3 is 24.6 Å². The molecule has 12 heteroatoms. The highest BCUT2D eigenvalue weighted by Crippen LogP contribution is 2.52. The van der Waals surface area contributed by atoms with Crippen LogP contribution < -0.4 is 5.32 Å². The lowest BCUT2D eigenvalue weighted by Crippen LogP contribution is -2.41. The molecule has 2 aromatic heterocycles. The summed E-state index contributed by atoms with van der Waals surface area (Å²) in [7, 11) is 0. The molecule has 6 aliphatic rings. The van der Waals surface area contributed by atoms with Gasteiger partial charge in [-0.15, -0.1) is 0 Å². The molecule has 6 unspecified atom stereocenters. The largest absolute Gasteiger partial charge is 0.387 e. The molecule has 5 heterocycles. The molecule has 268 valence electrons. The fourth-order valence-electron chi connectivity index (χ4n) is 9.01. The molecule has 4 aromatic rings. The van der Waals surface area contributed by atoms with Crippen molar-refractivity contribution < 1.29 is 19.0 Å². The van der Waals surface area contributed by atoms with Gasteiger partial charge in [-0.1, -0.05) is 35.3 Å². The van der Waals surface area contributed by atoms with Crippen LogP contribution in [0.25, 0.3) is 32.9 Å². The number of aliphatic hydroxyl groups excluding tert-OH is 1. The molecule has 2 N–H and O–H groups in total. The van der Waals surface area contributed by atoms with Crippen LogP contribution in [0.2, 0.25) is 10.0 Å². The molecule has 2 bridgehead atoms. The van der Waals surface area contributed by atoms with Crippen LogP contribution in [0.1, 0.15) is 87.0 Å². The van der Waals surface area contributed by atoms with Crippen LogP contribution in [0.15, 0.2) is 30.3 Å². The lowest BCUT2D eigenvalue weighted by Gasteiger charge is -2.39. The Labute approximate surface area is 311 Å². The number of benzene rings is 2. The summed E-state index contributed by atoms with van der Waals surface area (Å²) in [5.74, 6) is -0.126. The molecule has 10 rings (SSSR count). The van der Waals surface area contributed by atoms with E-state index in [0.717, 1.165) is 49.9 Å². The number of nitrogens with one attached hydrogen (secondary N) is 1. The minimum atomic E-state index is -1.02. The normalized spacial score (nSPS) is 26.4. The Kier molecular flexibility index (Phi) is 8.30. The van der Waals surface area contributed by atoms with Crippen LogP contribution >= 0.6 is 23.2 Å². The van der Waals surface area contributed by atoms with Crippen LogP contribution in [-0.4, -0.2) is 57.3 Å². The zero-order valence-corrected chi connectivity index (χ0v) is 30.4. The van der Waals surface area contributed by atoms with Gasteiger partial charge in [0.2, 0.25) is 5.91 Å². The SMILES string of the molecule is CC(O)c1nc2c(F)c(-c3cccc(Cl)c3Cl)c(CCC#N)cc2c2c1cc(C1CC(OCC3(C#N)CC3)CN1C(=O)C1CC1)n2C1C2CNC1C2. The number of likely N-dealkylation sites (tertiary alicyclic amines) is 1. The second-order valence-electron chi connectivity index (χ2n) is 15.6. The third-order valence-electron chi connectivity index (χ3n) is 12.2. The van der Waals surface area contributed by atoms with E-state index >= 15 is 4.39 Å². The van der Waals surface area contributed by atoms with Crippen molar-refractivity contribution in [3.63, 3.8) is 0 Å². The van der Waals surface area contributed by atoms with Crippen molar-refractivity contribution in [1.29, 1.82) is 10.5 Å². The van der Waals surface area contributed by atoms with Gasteiger partial charge in [-0.3, -0.25) is 4.79 Å². The van der Waals surface area contributed by atoms with Crippen molar-refractivity contribution in [3.8, 4) is 23.3 Å². The van der Waals surface area contributed by atoms with Gasteiger partial charge in [-0.25, -0.2) is 9.37 Å². The number of halogens is 3. The average Bonchev–Trinajstić information content (AvgIpc) is 3.91. The summed E-state index contributed by atoms with van der Waals surface area (Å²) in [5.41, 5.74) is 2.99. The molecule has 6 fully saturated rings. The summed E-state index contributed by atoms with van der Waals surface area (Å²) >= 11 is 13.1. The maximum Gasteiger partial charge on any atom is 0.226 e. The van der Waals surface area contributed by atoms with E-state index in [0.29, 0.717) is 53.1 Å². The number of amides is 1. The quantitative estimate of drug-likeness (QED) is 0.171. The first kappa shape index (κ1) is 34.0. The number of pyridine rings is 1. The number of nitriles is 2. The Morgan fingerprint density at radius 3 is 2.67 bits per heavy atom. The molecular weight excluding hydrogens is 702 g/mol. The molecule has 3 saturated carbocycles. The van der Waals surface area contributed by atoms with Crippen LogP contribution in [0.5, 0.6) is 0 Å². The van der Waals surface area contributed by atoms with Crippen molar-refractivity contribution in [2.24, 2.45) is 17.3 Å². The first-order valence-corrected chi connectivity index (χ1v) is 19.1. The number of aliphatic hydroxyl groups is 1. The number of aryl methyl sites for hydroxylation is 1. The second kappa shape index (κ2) is 12.7. The summed E-state index contributed by atoms with van der Waals surface area (Å²) in [6, 6.07) is 13.7. The van der Waals surface area contributed by atoms with Crippen molar-refractivity contribution >= 4 is 50.9 Å². The highest BCUT2D eigenvalue weighted by molar-refractivity contribution is 6.43. The Balaban J connectivity index is 1.28. The summed E-state index contributed by atoms with van der Waals surface area (Å²) in [4.78, 5) is 20.8. The van der Waals surface area contributed by atoms with Gasteiger partial charge in [0.05, 0.1) is 69.7 Å². The van der Waals surface area contributed by atoms with Crippen LogP contribution in [0.3, 0.4) is 0 Å². The molecule has 0 radical (unpaired) electrons. The Hall–Kier alpha value is -3.77. The molecule has 6 atom stereocenters. The van der Waals surface area contributed by atoms with Gasteiger partial charge in [0, 0.05) is 65.5 Å². The van der Waals surface area contributed by atoms with E-state index in [1.165, 1.54) is 0 Å². The predicted octanol–water partition coefficient (Wildman–Crippen LogP) is 7.72. The highest BCUT2D eigenvalue weighted by atomic mass is 35.5. The van der Waals surface area contributed by atoms with Gasteiger partial charge in [-0.2, -0.15) is 10.5 Å². The van der Waals surface area contributed by atoms with Crippen LogP contribution in [0.4, 0.5) is 4.39 Å². The molecule has 0 spiro atoms. The maximum atomic E-state index is 17.3. The molecule has 9 nitrogen and oxygen atoms in total. The molecule has 52 heavy (non-hydrogen) atoms. The Morgan fingerprint density at radius 2 is 2.02 bits per heavy atom. The summed E-state index contributed by atoms with van der Waals surface area (Å²) < 4.78 is 26.0. The number of hydrogen-bond donors (Lipinski definition) is 2. The average molecular weight is 742 g/mol. The standard InChI is InChI=1S/C40H39Cl2FN6O3/c1-20(50)35-27-15-31(30-14-24(52-19-40(18-45)9-10-40)17-48(30)39(51)21-7-8-21)49(37-23-13-29(37)46-16-23)38(27)26-12-22(4-3-11-44)32(34(43)36(26)47-35)25-5-2-6-28(41)33(25)42/h2,5-6,12,15,20-21,23-24,29-30,37,46,50H,3-4,7-10,13-14,16-17,19H2,1H3. The van der Waals surface area contributed by atoms with Gasteiger partial charge in [0.25, 0.3) is 0 Å². The highest BCUT2D eigenvalue weighted by Gasteiger charge is 2.52. The number of aromatic nitrogens is 2. The molecule has 2 aromatic carbocycles. The Morgan fingerprint density at radius 1 is 1.21 bits per heavy atom. The van der Waals surface area contributed by atoms with Crippen LogP contribution in [0, 0.1) is 45.7 Å². The summed E-state index contributed by atoms with van der Waals surface area (Å²) in [6.45, 7) is 3.30. The van der Waals surface area contributed by atoms with Crippen molar-refractivity contribution in [1.82, 2.24) is 19.8 Å². The van der Waals surface area contributed by atoms with Crippen LogP contribution in [-0.2, 0) is 16.0 Å². The smallest absolute Gasteiger partial charge is 0.226 e. The topological polar surface area (TPSA) is 127 Å². The minimum absolute atomic E-state index is 0.00134. The summed E-state index contributed by atoms with van der Waals surface area (Å²) in [6.07, 6.45) is 4.18. The number of hydrogen-bond acceptors (Lipinski definition) is 7. The van der Waals surface area contributed by atoms with E-state index in [9.17, 15) is 20.4 Å². The molecule has 3 aliphatic carbocycles. The fraction of sp³-hybridized carbons (Fsp3) is 0.500. The number of carbonyl (C=O) groups is 1. The van der Waals surface area contributed by atoms with Gasteiger partial charge in [0.1, 0.15) is 5.52 Å². The Bertz CT molecular complexity index is 2220. The number of rotatable bonds is 10. The molecular formula is C40H39Cl2FN6O3. The molecule has 3 aliphatic heterocycles. The first-order chi connectivity index (χ1) is 25.1. The number of carbonyl (C=O) groups excluding carboxylic acids is 1. The predicted molar refractivity (Wildman–Crippen MR) is 195 cm³/mol. The summed E-state index contributed by atoms with van der Waals surface area (Å²) in [5, 5.41) is 36.0. The van der Waals surface area contributed by atoms with Gasteiger partial charge in [0.15, 0.2) is 5.82 Å². The molecule has 3 saturated heterocycles. The zero-order valence-electron chi connectivity index (χ0n) is 28.8. The fourth-order valence-corrected chi connectivity index (χ4v) is 9.41. The van der Waals surface area contributed by atoms with E-state index in [1.54, 1.807) is 25.1 Å². The number of fused-ring (bicyclic) bond motifs is 4.